The van der Waals surface area contributed by atoms with Crippen LogP contribution in [0.15, 0.2) is 42.7 Å². The van der Waals surface area contributed by atoms with Crippen LogP contribution in [0, 0.1) is 0 Å². The highest BCUT2D eigenvalue weighted by molar-refractivity contribution is 5.95. The summed E-state index contributed by atoms with van der Waals surface area (Å²) >= 11 is 0. The molecule has 0 radical (unpaired) electrons. The molecule has 4 rings (SSSR count). The van der Waals surface area contributed by atoms with Crippen LogP contribution in [-0.2, 0) is 0 Å². The number of nitrogens with one attached hydrogen (secondary N) is 2. The van der Waals surface area contributed by atoms with Gasteiger partial charge in [-0.15, -0.1) is 0 Å². The summed E-state index contributed by atoms with van der Waals surface area (Å²) in [5.41, 5.74) is 2.68. The van der Waals surface area contributed by atoms with Crippen molar-refractivity contribution in [2.75, 3.05) is 30.4 Å². The Kier molecular flexibility index (Phi) is 3.11. The smallest absolute Gasteiger partial charge is 0.324 e. The molecule has 1 fully saturated rings. The van der Waals surface area contributed by atoms with Gasteiger partial charge in [0.2, 0.25) is 0 Å². The van der Waals surface area contributed by atoms with Crippen molar-refractivity contribution >= 4 is 34.1 Å². The number of carbonyl (C=O) groups is 1. The predicted octanol–water partition coefficient (Wildman–Crippen LogP) is 2.57. The van der Waals surface area contributed by atoms with Crippen molar-refractivity contribution in [3.63, 3.8) is 0 Å². The number of hydrogen-bond acceptors (Lipinski definition) is 4. The number of benzene rings is 1. The van der Waals surface area contributed by atoms with E-state index in [0.29, 0.717) is 6.54 Å². The average Bonchev–Trinajstić information content (AvgIpc) is 3.16. The second kappa shape index (κ2) is 5.28. The number of carbonyl (C=O) groups excluding carboxylic acids is 1. The van der Waals surface area contributed by atoms with Crippen molar-refractivity contribution in [2.24, 2.45) is 0 Å². The number of nitrogens with zero attached hydrogens (tertiary/aromatic N) is 4. The van der Waals surface area contributed by atoms with Gasteiger partial charge in [0.25, 0.3) is 0 Å². The van der Waals surface area contributed by atoms with Crippen LogP contribution in [-0.4, -0.2) is 46.2 Å². The largest absolute Gasteiger partial charge is 0.340 e. The molecule has 0 bridgehead atoms. The first kappa shape index (κ1) is 13.6. The summed E-state index contributed by atoms with van der Waals surface area (Å²) in [4.78, 5) is 20.0. The molecule has 3 heterocycles. The van der Waals surface area contributed by atoms with E-state index in [4.69, 9.17) is 0 Å². The first-order chi connectivity index (χ1) is 11.2. The number of rotatable bonds is 3. The number of aromatic amines is 1. The molecule has 1 saturated heterocycles. The van der Waals surface area contributed by atoms with Crippen LogP contribution < -0.4 is 10.2 Å². The minimum atomic E-state index is 0.0252. The van der Waals surface area contributed by atoms with Crippen LogP contribution >= 0.6 is 0 Å². The molecule has 0 atom stereocenters. The average molecular weight is 308 g/mol. The van der Waals surface area contributed by atoms with Crippen molar-refractivity contribution in [1.29, 1.82) is 0 Å². The Hall–Kier alpha value is -3.09. The molecule has 2 aromatic heterocycles. The summed E-state index contributed by atoms with van der Waals surface area (Å²) in [5, 5.41) is 11.2. The lowest BCUT2D eigenvalue weighted by atomic mass is 10.2. The number of aromatic nitrogens is 3. The Morgan fingerprint density at radius 1 is 1.26 bits per heavy atom. The van der Waals surface area contributed by atoms with E-state index in [9.17, 15) is 4.79 Å². The quantitative estimate of drug-likeness (QED) is 0.779. The minimum Gasteiger partial charge on any atom is -0.340 e. The highest BCUT2D eigenvalue weighted by atomic mass is 16.2. The summed E-state index contributed by atoms with van der Waals surface area (Å²) in [6, 6.07) is 9.68. The molecular formula is C16H16N6O. The molecule has 116 valence electrons. The van der Waals surface area contributed by atoms with Crippen LogP contribution in [0.2, 0.25) is 0 Å². The van der Waals surface area contributed by atoms with Crippen LogP contribution in [0.4, 0.5) is 22.0 Å². The van der Waals surface area contributed by atoms with Gasteiger partial charge in [-0.2, -0.15) is 5.10 Å². The van der Waals surface area contributed by atoms with Crippen molar-refractivity contribution in [3.8, 4) is 0 Å². The van der Waals surface area contributed by atoms with E-state index in [0.717, 1.165) is 34.6 Å². The molecule has 2 N–H and O–H groups in total. The maximum Gasteiger partial charge on any atom is 0.324 e. The number of amides is 2. The fraction of sp³-hybridized carbons (Fsp3) is 0.188. The molecule has 1 aliphatic rings. The van der Waals surface area contributed by atoms with E-state index >= 15 is 0 Å². The predicted molar refractivity (Wildman–Crippen MR) is 89.0 cm³/mol. The monoisotopic (exact) mass is 308 g/mol. The lowest BCUT2D eigenvalue weighted by molar-refractivity contribution is 0.229. The fourth-order valence-electron chi connectivity index (χ4n) is 2.74. The van der Waals surface area contributed by atoms with Gasteiger partial charge in [0.15, 0.2) is 0 Å². The van der Waals surface area contributed by atoms with Gasteiger partial charge in [-0.05, 0) is 24.3 Å². The molecule has 0 saturated carbocycles. The summed E-state index contributed by atoms with van der Waals surface area (Å²) in [6.07, 6.45) is 3.47. The molecule has 1 aliphatic heterocycles. The third kappa shape index (κ3) is 2.36. The molecule has 23 heavy (non-hydrogen) atoms. The fourth-order valence-corrected chi connectivity index (χ4v) is 2.74. The molecule has 7 heteroatoms. The van der Waals surface area contributed by atoms with E-state index in [1.807, 2.05) is 37.4 Å². The Balaban J connectivity index is 1.64. The number of pyridine rings is 1. The molecule has 3 aromatic rings. The Morgan fingerprint density at radius 3 is 3.00 bits per heavy atom. The highest BCUT2D eigenvalue weighted by Crippen LogP contribution is 2.27. The van der Waals surface area contributed by atoms with Gasteiger partial charge >= 0.3 is 6.03 Å². The SMILES string of the molecule is CN1CCN(c2cccc(Nc3nccc4[nH]ncc34)c2)C1=O. The number of likely N-dealkylation sites (N-methyl/N-ethyl adjacent to an activating group) is 1. The number of hydrogen-bond donors (Lipinski definition) is 2. The second-order valence-electron chi connectivity index (χ2n) is 5.52. The van der Waals surface area contributed by atoms with Gasteiger partial charge in [0.05, 0.1) is 17.1 Å². The van der Waals surface area contributed by atoms with Gasteiger partial charge < -0.3 is 10.2 Å². The van der Waals surface area contributed by atoms with E-state index in [-0.39, 0.29) is 6.03 Å². The summed E-state index contributed by atoms with van der Waals surface area (Å²) in [7, 11) is 1.81. The third-order valence-electron chi connectivity index (χ3n) is 4.01. The molecule has 0 aliphatic carbocycles. The first-order valence-corrected chi connectivity index (χ1v) is 7.40. The highest BCUT2D eigenvalue weighted by Gasteiger charge is 2.26. The zero-order chi connectivity index (χ0) is 15.8. The molecule has 1 aromatic carbocycles. The maximum absolute atomic E-state index is 12.1. The summed E-state index contributed by atoms with van der Waals surface area (Å²) in [5.74, 6) is 0.735. The number of anilines is 3. The normalized spacial score (nSPS) is 14.7. The topological polar surface area (TPSA) is 77.2 Å². The van der Waals surface area contributed by atoms with Crippen molar-refractivity contribution in [3.05, 3.63) is 42.7 Å². The Morgan fingerprint density at radius 2 is 2.17 bits per heavy atom. The van der Waals surface area contributed by atoms with E-state index in [1.54, 1.807) is 22.2 Å². The zero-order valence-corrected chi connectivity index (χ0v) is 12.7. The number of fused-ring (bicyclic) bond motifs is 1. The lowest BCUT2D eigenvalue weighted by Gasteiger charge is -2.17. The van der Waals surface area contributed by atoms with Gasteiger partial charge in [-0.1, -0.05) is 6.07 Å². The van der Waals surface area contributed by atoms with Crippen molar-refractivity contribution < 1.29 is 4.79 Å². The van der Waals surface area contributed by atoms with Gasteiger partial charge in [-0.3, -0.25) is 10.00 Å². The Bertz CT molecular complexity index is 874. The maximum atomic E-state index is 12.1. The second-order valence-corrected chi connectivity index (χ2v) is 5.52. The molecule has 0 spiro atoms. The van der Waals surface area contributed by atoms with Gasteiger partial charge in [-0.25, -0.2) is 9.78 Å². The summed E-state index contributed by atoms with van der Waals surface area (Å²) < 4.78 is 0. The Labute approximate surface area is 132 Å². The lowest BCUT2D eigenvalue weighted by Crippen LogP contribution is -2.29. The van der Waals surface area contributed by atoms with Gasteiger partial charge in [0, 0.05) is 37.7 Å². The molecular weight excluding hydrogens is 292 g/mol. The summed E-state index contributed by atoms with van der Waals surface area (Å²) in [6.45, 7) is 1.45. The van der Waals surface area contributed by atoms with Crippen LogP contribution in [0.1, 0.15) is 0 Å². The van der Waals surface area contributed by atoms with Crippen molar-refractivity contribution in [2.45, 2.75) is 0 Å². The third-order valence-corrected chi connectivity index (χ3v) is 4.01. The van der Waals surface area contributed by atoms with Gasteiger partial charge in [0.1, 0.15) is 5.82 Å². The standard InChI is InChI=1S/C16H16N6O/c1-21-7-8-22(16(21)23)12-4-2-3-11(9-12)19-15-13-10-18-20-14(13)5-6-17-15/h2-6,9-10H,7-8H2,1H3,(H,17,19)(H,18,20). The minimum absolute atomic E-state index is 0.0252. The van der Waals surface area contributed by atoms with E-state index in [2.05, 4.69) is 20.5 Å². The van der Waals surface area contributed by atoms with Crippen LogP contribution in [0.3, 0.4) is 0 Å². The van der Waals surface area contributed by atoms with Crippen molar-refractivity contribution in [1.82, 2.24) is 20.1 Å². The number of urea groups is 1. The number of H-pyrrole nitrogens is 1. The van der Waals surface area contributed by atoms with Crippen LogP contribution in [0.5, 0.6) is 0 Å². The van der Waals surface area contributed by atoms with E-state index in [1.165, 1.54) is 0 Å². The van der Waals surface area contributed by atoms with Crippen LogP contribution in [0.25, 0.3) is 10.9 Å². The first-order valence-electron chi connectivity index (χ1n) is 7.40. The zero-order valence-electron chi connectivity index (χ0n) is 12.7. The molecule has 2 amide bonds. The molecule has 7 nitrogen and oxygen atoms in total. The van der Waals surface area contributed by atoms with E-state index < -0.39 is 0 Å². The molecule has 0 unspecified atom stereocenters.